The summed E-state index contributed by atoms with van der Waals surface area (Å²) in [5.41, 5.74) is 3.51. The van der Waals surface area contributed by atoms with Crippen molar-refractivity contribution in [3.63, 3.8) is 0 Å². The van der Waals surface area contributed by atoms with Crippen LogP contribution in [0.5, 0.6) is 0 Å². The van der Waals surface area contributed by atoms with Gasteiger partial charge in [-0.2, -0.15) is 0 Å². The second kappa shape index (κ2) is 3.66. The standard InChI is InChI=1S/C6H14N2O3/c1-6(11,8-2)3-4(9)5(7)10/h4,8-9,11H,3H2,1-2H3,(H2,7,10)/t4?,6-/m1/s1. The maximum atomic E-state index is 10.3. The van der Waals surface area contributed by atoms with Crippen LogP contribution in [0.3, 0.4) is 0 Å². The molecule has 0 aromatic carbocycles. The third kappa shape index (κ3) is 3.92. The molecule has 0 saturated carbocycles. The van der Waals surface area contributed by atoms with E-state index in [4.69, 9.17) is 10.8 Å². The average Bonchev–Trinajstić information content (AvgIpc) is 1.87. The molecule has 1 amide bonds. The number of aliphatic hydroxyl groups excluding tert-OH is 1. The minimum Gasteiger partial charge on any atom is -0.383 e. The van der Waals surface area contributed by atoms with Gasteiger partial charge in [0.25, 0.3) is 0 Å². The van der Waals surface area contributed by atoms with Gasteiger partial charge in [-0.25, -0.2) is 0 Å². The smallest absolute Gasteiger partial charge is 0.246 e. The van der Waals surface area contributed by atoms with Crippen molar-refractivity contribution in [2.75, 3.05) is 7.05 Å². The lowest BCUT2D eigenvalue weighted by Gasteiger charge is -2.23. The highest BCUT2D eigenvalue weighted by atomic mass is 16.3. The molecule has 0 fully saturated rings. The number of carbonyl (C=O) groups excluding carboxylic acids is 1. The van der Waals surface area contributed by atoms with E-state index in [0.717, 1.165) is 0 Å². The first-order valence-corrected chi connectivity index (χ1v) is 3.28. The fourth-order valence-electron chi connectivity index (χ4n) is 0.579. The van der Waals surface area contributed by atoms with Gasteiger partial charge in [0.1, 0.15) is 11.8 Å². The maximum absolute atomic E-state index is 10.3. The fraction of sp³-hybridized carbons (Fsp3) is 0.833. The van der Waals surface area contributed by atoms with E-state index < -0.39 is 17.7 Å². The number of aliphatic hydroxyl groups is 2. The SMILES string of the molecule is CN[C@](C)(O)CC(O)C(N)=O. The molecule has 5 heteroatoms. The van der Waals surface area contributed by atoms with Crippen molar-refractivity contribution in [1.29, 1.82) is 0 Å². The van der Waals surface area contributed by atoms with Crippen LogP contribution in [-0.2, 0) is 4.79 Å². The van der Waals surface area contributed by atoms with Gasteiger partial charge in [0.05, 0.1) is 0 Å². The first-order valence-electron chi connectivity index (χ1n) is 3.28. The maximum Gasteiger partial charge on any atom is 0.246 e. The number of nitrogens with two attached hydrogens (primary N) is 1. The summed E-state index contributed by atoms with van der Waals surface area (Å²) in [5.74, 6) is -0.833. The van der Waals surface area contributed by atoms with Gasteiger partial charge in [-0.05, 0) is 14.0 Å². The Kier molecular flexibility index (Phi) is 3.44. The Hall–Kier alpha value is -0.650. The number of amides is 1. The van der Waals surface area contributed by atoms with Crippen LogP contribution in [0.1, 0.15) is 13.3 Å². The van der Waals surface area contributed by atoms with Crippen molar-refractivity contribution in [2.45, 2.75) is 25.2 Å². The Morgan fingerprint density at radius 3 is 2.55 bits per heavy atom. The molecule has 2 atom stereocenters. The summed E-state index contributed by atoms with van der Waals surface area (Å²) < 4.78 is 0. The van der Waals surface area contributed by atoms with Crippen molar-refractivity contribution in [2.24, 2.45) is 5.73 Å². The van der Waals surface area contributed by atoms with E-state index in [0.29, 0.717) is 0 Å². The van der Waals surface area contributed by atoms with Crippen LogP contribution in [-0.4, -0.2) is 35.0 Å². The van der Waals surface area contributed by atoms with E-state index in [2.05, 4.69) is 5.32 Å². The van der Waals surface area contributed by atoms with Gasteiger partial charge < -0.3 is 15.9 Å². The molecular formula is C6H14N2O3. The predicted octanol–water partition coefficient (Wildman–Crippen LogP) is -1.85. The van der Waals surface area contributed by atoms with E-state index in [-0.39, 0.29) is 6.42 Å². The molecule has 0 rings (SSSR count). The molecule has 11 heavy (non-hydrogen) atoms. The minimum atomic E-state index is -1.31. The summed E-state index contributed by atoms with van der Waals surface area (Å²) in [7, 11) is 1.52. The molecule has 0 aromatic heterocycles. The molecule has 0 aliphatic rings. The normalized spacial score (nSPS) is 18.9. The molecule has 0 aromatic rings. The summed E-state index contributed by atoms with van der Waals surface area (Å²) in [4.78, 5) is 10.3. The second-order valence-corrected chi connectivity index (χ2v) is 2.65. The van der Waals surface area contributed by atoms with E-state index in [1.165, 1.54) is 14.0 Å². The van der Waals surface area contributed by atoms with Gasteiger partial charge in [-0.3, -0.25) is 10.1 Å². The number of carbonyl (C=O) groups is 1. The van der Waals surface area contributed by atoms with Crippen LogP contribution in [0.4, 0.5) is 0 Å². The molecule has 0 bridgehead atoms. The highest BCUT2D eigenvalue weighted by Gasteiger charge is 2.24. The number of primary amides is 1. The molecule has 0 spiro atoms. The first kappa shape index (κ1) is 10.3. The molecule has 0 heterocycles. The summed E-state index contributed by atoms with van der Waals surface area (Å²) in [5, 5.41) is 20.7. The Bertz CT molecular complexity index is 147. The number of nitrogens with one attached hydrogen (secondary N) is 1. The summed E-state index contributed by atoms with van der Waals surface area (Å²) in [6.07, 6.45) is -1.42. The molecule has 0 radical (unpaired) electrons. The lowest BCUT2D eigenvalue weighted by molar-refractivity contribution is -0.130. The van der Waals surface area contributed by atoms with Crippen molar-refractivity contribution < 1.29 is 15.0 Å². The molecule has 0 aliphatic carbocycles. The van der Waals surface area contributed by atoms with Crippen LogP contribution in [0, 0.1) is 0 Å². The van der Waals surface area contributed by atoms with Crippen molar-refractivity contribution >= 4 is 5.91 Å². The summed E-state index contributed by atoms with van der Waals surface area (Å²) in [6.45, 7) is 1.44. The van der Waals surface area contributed by atoms with Crippen LogP contribution < -0.4 is 11.1 Å². The highest BCUT2D eigenvalue weighted by Crippen LogP contribution is 2.06. The Morgan fingerprint density at radius 1 is 1.82 bits per heavy atom. The van der Waals surface area contributed by atoms with Crippen LogP contribution in [0.25, 0.3) is 0 Å². The minimum absolute atomic E-state index is 0.112. The van der Waals surface area contributed by atoms with E-state index in [9.17, 15) is 9.90 Å². The van der Waals surface area contributed by atoms with Gasteiger partial charge in [-0.1, -0.05) is 0 Å². The molecule has 1 unspecified atom stereocenters. The van der Waals surface area contributed by atoms with Crippen molar-refractivity contribution in [1.82, 2.24) is 5.32 Å². The highest BCUT2D eigenvalue weighted by molar-refractivity contribution is 5.78. The first-order chi connectivity index (χ1) is 4.89. The zero-order valence-corrected chi connectivity index (χ0v) is 6.66. The molecular weight excluding hydrogens is 148 g/mol. The molecule has 0 saturated heterocycles. The summed E-state index contributed by atoms with van der Waals surface area (Å²) in [6, 6.07) is 0. The third-order valence-electron chi connectivity index (χ3n) is 1.46. The monoisotopic (exact) mass is 162 g/mol. The lowest BCUT2D eigenvalue weighted by Crippen LogP contribution is -2.45. The van der Waals surface area contributed by atoms with Gasteiger partial charge in [0.15, 0.2) is 0 Å². The van der Waals surface area contributed by atoms with E-state index in [1.807, 2.05) is 0 Å². The predicted molar refractivity (Wildman–Crippen MR) is 39.5 cm³/mol. The van der Waals surface area contributed by atoms with Gasteiger partial charge in [0.2, 0.25) is 5.91 Å². The third-order valence-corrected chi connectivity index (χ3v) is 1.46. The van der Waals surface area contributed by atoms with Crippen LogP contribution in [0.2, 0.25) is 0 Å². The van der Waals surface area contributed by atoms with Crippen LogP contribution >= 0.6 is 0 Å². The van der Waals surface area contributed by atoms with Gasteiger partial charge >= 0.3 is 0 Å². The molecule has 66 valence electrons. The van der Waals surface area contributed by atoms with E-state index >= 15 is 0 Å². The van der Waals surface area contributed by atoms with Crippen LogP contribution in [0.15, 0.2) is 0 Å². The second-order valence-electron chi connectivity index (χ2n) is 2.65. The Balaban J connectivity index is 3.93. The fourth-order valence-corrected chi connectivity index (χ4v) is 0.579. The number of hydrogen-bond donors (Lipinski definition) is 4. The number of hydrogen-bond acceptors (Lipinski definition) is 4. The zero-order valence-electron chi connectivity index (χ0n) is 6.66. The molecule has 5 N–H and O–H groups in total. The van der Waals surface area contributed by atoms with Gasteiger partial charge in [-0.15, -0.1) is 0 Å². The zero-order chi connectivity index (χ0) is 9.07. The lowest BCUT2D eigenvalue weighted by atomic mass is 10.1. The van der Waals surface area contributed by atoms with Gasteiger partial charge in [0, 0.05) is 6.42 Å². The molecule has 0 aliphatic heterocycles. The Labute approximate surface area is 65.2 Å². The summed E-state index contributed by atoms with van der Waals surface area (Å²) >= 11 is 0. The van der Waals surface area contributed by atoms with Crippen molar-refractivity contribution in [3.05, 3.63) is 0 Å². The topological polar surface area (TPSA) is 95.6 Å². The van der Waals surface area contributed by atoms with Crippen molar-refractivity contribution in [3.8, 4) is 0 Å². The largest absolute Gasteiger partial charge is 0.383 e. The average molecular weight is 162 g/mol. The quantitative estimate of drug-likeness (QED) is 0.365. The number of rotatable bonds is 4. The molecule has 5 nitrogen and oxygen atoms in total. The van der Waals surface area contributed by atoms with E-state index in [1.54, 1.807) is 0 Å². The Morgan fingerprint density at radius 2 is 2.27 bits per heavy atom.